The van der Waals surface area contributed by atoms with Gasteiger partial charge < -0.3 is 0 Å². The third-order valence-electron chi connectivity index (χ3n) is 3.91. The van der Waals surface area contributed by atoms with Crippen LogP contribution in [0, 0.1) is 5.92 Å². The van der Waals surface area contributed by atoms with Crippen molar-refractivity contribution in [2.45, 2.75) is 85.0 Å². The first-order chi connectivity index (χ1) is 11.7. The lowest BCUT2D eigenvalue weighted by atomic mass is 10.0. The third-order valence-corrected chi connectivity index (χ3v) is 3.91. The lowest BCUT2D eigenvalue weighted by Gasteiger charge is -2.03. The summed E-state index contributed by atoms with van der Waals surface area (Å²) in [6, 6.07) is 0. The van der Waals surface area contributed by atoms with Gasteiger partial charge in [0.1, 0.15) is 5.78 Å². The molecular weight excluding hydrogens is 292 g/mol. The molecule has 0 radical (unpaired) electrons. The van der Waals surface area contributed by atoms with E-state index in [1.165, 1.54) is 19.3 Å². The van der Waals surface area contributed by atoms with Gasteiger partial charge >= 0.3 is 0 Å². The predicted molar refractivity (Wildman–Crippen MR) is 108 cm³/mol. The highest BCUT2D eigenvalue weighted by Gasteiger charge is 2.05. The van der Waals surface area contributed by atoms with E-state index < -0.39 is 0 Å². The second-order valence-electron chi connectivity index (χ2n) is 6.57. The van der Waals surface area contributed by atoms with Crippen LogP contribution < -0.4 is 0 Å². The molecule has 0 unspecified atom stereocenters. The van der Waals surface area contributed by atoms with Gasteiger partial charge in [0, 0.05) is 12.3 Å². The number of rotatable bonds is 15. The van der Waals surface area contributed by atoms with E-state index in [9.17, 15) is 4.79 Å². The van der Waals surface area contributed by atoms with Crippen LogP contribution in [-0.2, 0) is 4.79 Å². The number of ketones is 1. The highest BCUT2D eigenvalue weighted by Crippen LogP contribution is 2.09. The smallest absolute Gasteiger partial charge is 0.135 e. The molecule has 0 aliphatic heterocycles. The summed E-state index contributed by atoms with van der Waals surface area (Å²) in [7, 11) is 0. The fourth-order valence-electron chi connectivity index (χ4n) is 2.30. The quantitative estimate of drug-likeness (QED) is 0.226. The summed E-state index contributed by atoms with van der Waals surface area (Å²) in [4.78, 5) is 11.5. The van der Waals surface area contributed by atoms with Crippen molar-refractivity contribution in [2.24, 2.45) is 5.92 Å². The molecule has 0 saturated carbocycles. The molecule has 0 N–H and O–H groups in total. The number of carbonyl (C=O) groups is 1. The molecule has 24 heavy (non-hydrogen) atoms. The van der Waals surface area contributed by atoms with Crippen molar-refractivity contribution in [2.75, 3.05) is 0 Å². The lowest BCUT2D eigenvalue weighted by Crippen LogP contribution is -2.05. The van der Waals surface area contributed by atoms with Crippen molar-refractivity contribution in [1.29, 1.82) is 0 Å². The van der Waals surface area contributed by atoms with Crippen LogP contribution >= 0.6 is 0 Å². The lowest BCUT2D eigenvalue weighted by molar-refractivity contribution is -0.122. The van der Waals surface area contributed by atoms with Crippen LogP contribution in [0.25, 0.3) is 0 Å². The molecule has 0 bridgehead atoms. The summed E-state index contributed by atoms with van der Waals surface area (Å²) in [5.41, 5.74) is 0. The average Bonchev–Trinajstić information content (AvgIpc) is 2.57. The van der Waals surface area contributed by atoms with Crippen molar-refractivity contribution in [3.8, 4) is 0 Å². The Balaban J connectivity index is 3.39. The first-order valence-corrected chi connectivity index (χ1v) is 9.81. The molecule has 0 aromatic heterocycles. The fourth-order valence-corrected chi connectivity index (χ4v) is 2.30. The molecule has 0 spiro atoms. The molecule has 0 fully saturated rings. The van der Waals surface area contributed by atoms with E-state index in [1.807, 2.05) is 13.8 Å². The predicted octanol–water partition coefficient (Wildman–Crippen LogP) is 7.36. The number of hydrogen-bond donors (Lipinski definition) is 0. The summed E-state index contributed by atoms with van der Waals surface area (Å²) >= 11 is 0. The summed E-state index contributed by atoms with van der Waals surface area (Å²) in [5, 5.41) is 0. The topological polar surface area (TPSA) is 17.1 Å². The third kappa shape index (κ3) is 17.0. The van der Waals surface area contributed by atoms with E-state index in [4.69, 9.17) is 0 Å². The fraction of sp³-hybridized carbons (Fsp3) is 0.609. The molecule has 1 heteroatoms. The molecular formula is C23H38O. The standard InChI is InChI=1S/C23H38O/c1-4-5-6-7-8-9-10-11-12-13-14-15-16-17-18-19-20-21-23(24)22(2)3/h5-6,8-9,11-12,14-15,22H,4,7,10,13,16-21H2,1-3H3/b6-5-,9-8-,12-11-,15-14-. The zero-order valence-electron chi connectivity index (χ0n) is 16.2. The number of carbonyl (C=O) groups excluding carboxylic acids is 1. The molecule has 136 valence electrons. The van der Waals surface area contributed by atoms with Gasteiger partial charge in [-0.2, -0.15) is 0 Å². The van der Waals surface area contributed by atoms with Crippen molar-refractivity contribution < 1.29 is 4.79 Å². The van der Waals surface area contributed by atoms with Crippen LogP contribution in [0.2, 0.25) is 0 Å². The van der Waals surface area contributed by atoms with Crippen LogP contribution in [-0.4, -0.2) is 5.78 Å². The second kappa shape index (κ2) is 18.0. The van der Waals surface area contributed by atoms with Crippen molar-refractivity contribution in [3.05, 3.63) is 48.6 Å². The minimum absolute atomic E-state index is 0.203. The number of hydrogen-bond acceptors (Lipinski definition) is 1. The summed E-state index contributed by atoms with van der Waals surface area (Å²) in [6.45, 7) is 6.14. The SMILES string of the molecule is CC/C=C\C/C=C\C/C=C\C/C=C\CCCCCCC(=O)C(C)C. The monoisotopic (exact) mass is 330 g/mol. The molecule has 0 heterocycles. The normalized spacial score (nSPS) is 12.7. The molecule has 1 nitrogen and oxygen atoms in total. The highest BCUT2D eigenvalue weighted by atomic mass is 16.1. The Morgan fingerprint density at radius 2 is 1.21 bits per heavy atom. The largest absolute Gasteiger partial charge is 0.299 e. The van der Waals surface area contributed by atoms with Crippen LogP contribution in [0.3, 0.4) is 0 Å². The minimum atomic E-state index is 0.203. The van der Waals surface area contributed by atoms with Gasteiger partial charge in [-0.1, -0.05) is 82.2 Å². The average molecular weight is 331 g/mol. The molecule has 0 aromatic carbocycles. The Bertz CT molecular complexity index is 396. The van der Waals surface area contributed by atoms with E-state index in [-0.39, 0.29) is 5.92 Å². The van der Waals surface area contributed by atoms with Gasteiger partial charge in [0.05, 0.1) is 0 Å². The zero-order chi connectivity index (χ0) is 17.9. The highest BCUT2D eigenvalue weighted by molar-refractivity contribution is 5.80. The Labute approximate surface area is 150 Å². The van der Waals surface area contributed by atoms with Crippen molar-refractivity contribution in [3.63, 3.8) is 0 Å². The number of Topliss-reactive ketones (excluding diaryl/α,β-unsaturated/α-hetero) is 1. The van der Waals surface area contributed by atoms with Crippen LogP contribution in [0.1, 0.15) is 85.0 Å². The Morgan fingerprint density at radius 1 is 0.708 bits per heavy atom. The van der Waals surface area contributed by atoms with Gasteiger partial charge in [-0.05, 0) is 44.9 Å². The minimum Gasteiger partial charge on any atom is -0.299 e. The maximum Gasteiger partial charge on any atom is 0.135 e. The maximum absolute atomic E-state index is 11.5. The van der Waals surface area contributed by atoms with Crippen LogP contribution in [0.5, 0.6) is 0 Å². The van der Waals surface area contributed by atoms with E-state index in [1.54, 1.807) is 0 Å². The van der Waals surface area contributed by atoms with Gasteiger partial charge in [-0.3, -0.25) is 4.79 Å². The summed E-state index contributed by atoms with van der Waals surface area (Å²) in [5.74, 6) is 0.614. The van der Waals surface area contributed by atoms with E-state index in [0.717, 1.165) is 44.9 Å². The molecule has 0 aliphatic carbocycles. The van der Waals surface area contributed by atoms with Crippen molar-refractivity contribution >= 4 is 5.78 Å². The molecule has 0 saturated heterocycles. The van der Waals surface area contributed by atoms with Gasteiger partial charge in [-0.25, -0.2) is 0 Å². The van der Waals surface area contributed by atoms with E-state index in [2.05, 4.69) is 55.5 Å². The first-order valence-electron chi connectivity index (χ1n) is 9.81. The van der Waals surface area contributed by atoms with Gasteiger partial charge in [0.15, 0.2) is 0 Å². The molecule has 0 aliphatic rings. The molecule has 0 rings (SSSR count). The van der Waals surface area contributed by atoms with Crippen LogP contribution in [0.15, 0.2) is 48.6 Å². The number of allylic oxidation sites excluding steroid dienone is 8. The van der Waals surface area contributed by atoms with Crippen molar-refractivity contribution in [1.82, 2.24) is 0 Å². The van der Waals surface area contributed by atoms with E-state index in [0.29, 0.717) is 5.78 Å². The summed E-state index contributed by atoms with van der Waals surface area (Å²) < 4.78 is 0. The Morgan fingerprint density at radius 3 is 1.75 bits per heavy atom. The first kappa shape index (κ1) is 22.6. The zero-order valence-corrected chi connectivity index (χ0v) is 16.2. The van der Waals surface area contributed by atoms with Gasteiger partial charge in [0.25, 0.3) is 0 Å². The van der Waals surface area contributed by atoms with E-state index >= 15 is 0 Å². The van der Waals surface area contributed by atoms with Gasteiger partial charge in [0.2, 0.25) is 0 Å². The second-order valence-corrected chi connectivity index (χ2v) is 6.57. The molecule has 0 atom stereocenters. The van der Waals surface area contributed by atoms with Crippen LogP contribution in [0.4, 0.5) is 0 Å². The molecule has 0 aromatic rings. The Kier molecular flexibility index (Phi) is 16.9. The molecule has 0 amide bonds. The summed E-state index contributed by atoms with van der Waals surface area (Å²) in [6.07, 6.45) is 28.8. The number of unbranched alkanes of at least 4 members (excludes halogenated alkanes) is 4. The Hall–Kier alpha value is -1.37. The van der Waals surface area contributed by atoms with Gasteiger partial charge in [-0.15, -0.1) is 0 Å². The maximum atomic E-state index is 11.5.